The third-order valence-electron chi connectivity index (χ3n) is 3.92. The lowest BCUT2D eigenvalue weighted by molar-refractivity contribution is -0.148. The van der Waals surface area contributed by atoms with Crippen molar-refractivity contribution in [2.24, 2.45) is 4.40 Å². The van der Waals surface area contributed by atoms with Crippen molar-refractivity contribution in [2.75, 3.05) is 17.6 Å². The first-order chi connectivity index (χ1) is 13.2. The number of hydrogen-bond donors (Lipinski definition) is 1. The number of nitrogens with one attached hydrogen (secondary N) is 1. The molecule has 28 heavy (non-hydrogen) atoms. The van der Waals surface area contributed by atoms with E-state index in [0.29, 0.717) is 0 Å². The van der Waals surface area contributed by atoms with Crippen LogP contribution in [0, 0.1) is 11.6 Å². The van der Waals surface area contributed by atoms with Crippen molar-refractivity contribution in [1.29, 1.82) is 0 Å². The van der Waals surface area contributed by atoms with Gasteiger partial charge in [0.1, 0.15) is 17.2 Å². The maximum atomic E-state index is 13.6. The zero-order chi connectivity index (χ0) is 20.5. The SMILES string of the molecule is C[C@@H](OC(=O)C1=CC=CN2CCS(=O)(=O)N=C12)C(=O)Nc1cc(F)ccc1F. The van der Waals surface area contributed by atoms with Crippen LogP contribution in [0.1, 0.15) is 6.92 Å². The van der Waals surface area contributed by atoms with Crippen molar-refractivity contribution in [3.8, 4) is 0 Å². The van der Waals surface area contributed by atoms with Crippen molar-refractivity contribution >= 4 is 33.4 Å². The minimum Gasteiger partial charge on any atom is -0.449 e. The fourth-order valence-electron chi connectivity index (χ4n) is 2.48. The predicted octanol–water partition coefficient (Wildman–Crippen LogP) is 1.33. The smallest absolute Gasteiger partial charge is 0.342 e. The van der Waals surface area contributed by atoms with E-state index in [2.05, 4.69) is 9.71 Å². The highest BCUT2D eigenvalue weighted by Gasteiger charge is 2.32. The number of rotatable bonds is 4. The number of nitrogens with zero attached hydrogens (tertiary/aromatic N) is 2. The summed E-state index contributed by atoms with van der Waals surface area (Å²) in [6, 6.07) is 2.52. The predicted molar refractivity (Wildman–Crippen MR) is 95.7 cm³/mol. The zero-order valence-corrected chi connectivity index (χ0v) is 15.4. The fourth-order valence-corrected chi connectivity index (χ4v) is 3.47. The second kappa shape index (κ2) is 7.50. The standard InChI is InChI=1S/C17H15F2N3O5S/c1-10(16(23)20-14-9-11(18)4-5-13(14)19)27-17(24)12-3-2-6-22-7-8-28(25,26)21-15(12)22/h2-6,9-10H,7-8H2,1H3,(H,20,23)/t10-/m1/s1. The molecule has 0 saturated heterocycles. The van der Waals surface area contributed by atoms with E-state index in [-0.39, 0.29) is 23.7 Å². The molecule has 8 nitrogen and oxygen atoms in total. The summed E-state index contributed by atoms with van der Waals surface area (Å²) in [5, 5.41) is 2.13. The summed E-state index contributed by atoms with van der Waals surface area (Å²) in [6.45, 7) is 1.36. The number of benzene rings is 1. The molecule has 2 heterocycles. The van der Waals surface area contributed by atoms with E-state index in [1.54, 1.807) is 6.20 Å². The normalized spacial score (nSPS) is 18.5. The Bertz CT molecular complexity index is 1030. The largest absolute Gasteiger partial charge is 0.449 e. The van der Waals surface area contributed by atoms with E-state index < -0.39 is 45.3 Å². The number of hydrogen-bond acceptors (Lipinski definition) is 6. The summed E-state index contributed by atoms with van der Waals surface area (Å²) in [5.74, 6) is -3.76. The van der Waals surface area contributed by atoms with E-state index >= 15 is 0 Å². The highest BCUT2D eigenvalue weighted by Crippen LogP contribution is 2.20. The van der Waals surface area contributed by atoms with Crippen LogP contribution in [0.4, 0.5) is 14.5 Å². The van der Waals surface area contributed by atoms with Crippen LogP contribution in [0.15, 0.2) is 46.5 Å². The van der Waals surface area contributed by atoms with Gasteiger partial charge in [0.05, 0.1) is 11.4 Å². The first kappa shape index (κ1) is 19.7. The summed E-state index contributed by atoms with van der Waals surface area (Å²) >= 11 is 0. The molecule has 1 aromatic rings. The third kappa shape index (κ3) is 4.25. The molecule has 0 aromatic heterocycles. The van der Waals surface area contributed by atoms with E-state index in [1.807, 2.05) is 0 Å². The van der Waals surface area contributed by atoms with E-state index in [9.17, 15) is 26.8 Å². The molecule has 1 amide bonds. The van der Waals surface area contributed by atoms with Crippen molar-refractivity contribution in [3.05, 3.63) is 53.8 Å². The Labute approximate surface area is 159 Å². The van der Waals surface area contributed by atoms with Gasteiger partial charge in [-0.05, 0) is 31.2 Å². The van der Waals surface area contributed by atoms with E-state index in [4.69, 9.17) is 4.74 Å². The van der Waals surface area contributed by atoms with Gasteiger partial charge in [-0.15, -0.1) is 4.40 Å². The average Bonchev–Trinajstić information content (AvgIpc) is 2.63. The minimum absolute atomic E-state index is 0.0949. The average molecular weight is 411 g/mol. The van der Waals surface area contributed by atoms with Crippen LogP contribution in [-0.4, -0.2) is 49.4 Å². The Balaban J connectivity index is 1.72. The van der Waals surface area contributed by atoms with Crippen molar-refractivity contribution < 1.29 is 31.5 Å². The molecule has 1 atom stereocenters. The number of ether oxygens (including phenoxy) is 1. The monoisotopic (exact) mass is 411 g/mol. The number of halogens is 2. The maximum Gasteiger partial charge on any atom is 0.342 e. The molecule has 0 radical (unpaired) electrons. The molecular formula is C17H15F2N3O5S. The summed E-state index contributed by atoms with van der Waals surface area (Å²) in [6.07, 6.45) is 3.03. The van der Waals surface area contributed by atoms with Gasteiger partial charge in [-0.1, -0.05) is 0 Å². The number of allylic oxidation sites excluding steroid dienone is 2. The summed E-state index contributed by atoms with van der Waals surface area (Å²) < 4.78 is 58.9. The lowest BCUT2D eigenvalue weighted by Crippen LogP contribution is -2.41. The molecule has 1 N–H and O–H groups in total. The van der Waals surface area contributed by atoms with Gasteiger partial charge in [0.15, 0.2) is 11.9 Å². The van der Waals surface area contributed by atoms with Gasteiger partial charge >= 0.3 is 5.97 Å². The van der Waals surface area contributed by atoms with Crippen LogP contribution < -0.4 is 5.32 Å². The number of carbonyl (C=O) groups is 2. The molecular weight excluding hydrogens is 396 g/mol. The topological polar surface area (TPSA) is 105 Å². The van der Waals surface area contributed by atoms with Crippen LogP contribution in [0.3, 0.4) is 0 Å². The Kier molecular flexibility index (Phi) is 5.27. The van der Waals surface area contributed by atoms with Crippen LogP contribution in [0.25, 0.3) is 0 Å². The highest BCUT2D eigenvalue weighted by molar-refractivity contribution is 7.90. The number of fused-ring (bicyclic) bond motifs is 1. The first-order valence-corrected chi connectivity index (χ1v) is 9.72. The number of amidine groups is 1. The quantitative estimate of drug-likeness (QED) is 0.750. The Hall–Kier alpha value is -3.08. The molecule has 2 aliphatic rings. The van der Waals surface area contributed by atoms with E-state index in [0.717, 1.165) is 18.2 Å². The van der Waals surface area contributed by atoms with Crippen molar-refractivity contribution in [3.63, 3.8) is 0 Å². The van der Waals surface area contributed by atoms with Crippen LogP contribution in [0.2, 0.25) is 0 Å². The van der Waals surface area contributed by atoms with Crippen LogP contribution in [0.5, 0.6) is 0 Å². The molecule has 3 rings (SSSR count). The van der Waals surface area contributed by atoms with Crippen LogP contribution in [-0.2, 0) is 24.3 Å². The van der Waals surface area contributed by atoms with E-state index in [1.165, 1.54) is 24.0 Å². The number of anilines is 1. The Morgan fingerprint density at radius 3 is 2.82 bits per heavy atom. The van der Waals surface area contributed by atoms with Gasteiger partial charge in [0.25, 0.3) is 15.9 Å². The molecule has 0 bridgehead atoms. The maximum absolute atomic E-state index is 13.6. The molecule has 0 fully saturated rings. The number of amides is 1. The van der Waals surface area contributed by atoms with Gasteiger partial charge < -0.3 is 15.0 Å². The lowest BCUT2D eigenvalue weighted by Gasteiger charge is -2.28. The fraction of sp³-hybridized carbons (Fsp3) is 0.235. The highest BCUT2D eigenvalue weighted by atomic mass is 32.2. The second-order valence-corrected chi connectivity index (χ2v) is 7.73. The molecule has 0 unspecified atom stereocenters. The molecule has 11 heteroatoms. The Morgan fingerprint density at radius 1 is 1.32 bits per heavy atom. The first-order valence-electron chi connectivity index (χ1n) is 8.11. The summed E-state index contributed by atoms with van der Waals surface area (Å²) in [5.41, 5.74) is -0.538. The van der Waals surface area contributed by atoms with Gasteiger partial charge in [0.2, 0.25) is 0 Å². The number of esters is 1. The molecule has 1 aromatic carbocycles. The molecule has 148 valence electrons. The minimum atomic E-state index is -3.71. The number of sulfonamides is 1. The number of carbonyl (C=O) groups excluding carboxylic acids is 2. The van der Waals surface area contributed by atoms with Gasteiger partial charge in [-0.3, -0.25) is 4.79 Å². The molecule has 0 spiro atoms. The van der Waals surface area contributed by atoms with Gasteiger partial charge in [-0.25, -0.2) is 22.0 Å². The van der Waals surface area contributed by atoms with Crippen LogP contribution >= 0.6 is 0 Å². The second-order valence-electron chi connectivity index (χ2n) is 5.98. The van der Waals surface area contributed by atoms with Gasteiger partial charge in [-0.2, -0.15) is 0 Å². The summed E-state index contributed by atoms with van der Waals surface area (Å²) in [4.78, 5) is 26.0. The lowest BCUT2D eigenvalue weighted by atomic mass is 10.1. The van der Waals surface area contributed by atoms with Crippen molar-refractivity contribution in [1.82, 2.24) is 4.90 Å². The molecule has 2 aliphatic heterocycles. The zero-order valence-electron chi connectivity index (χ0n) is 14.6. The molecule has 0 aliphatic carbocycles. The van der Waals surface area contributed by atoms with Gasteiger partial charge in [0, 0.05) is 18.8 Å². The van der Waals surface area contributed by atoms with Crippen molar-refractivity contribution in [2.45, 2.75) is 13.0 Å². The third-order valence-corrected chi connectivity index (χ3v) is 5.07. The molecule has 0 saturated carbocycles. The summed E-state index contributed by atoms with van der Waals surface area (Å²) in [7, 11) is -3.71. The Morgan fingerprint density at radius 2 is 2.07 bits per heavy atom.